The highest BCUT2D eigenvalue weighted by Crippen LogP contribution is 2.41. The van der Waals surface area contributed by atoms with E-state index in [1.165, 1.54) is 18.4 Å². The van der Waals surface area contributed by atoms with Crippen molar-refractivity contribution in [2.45, 2.75) is 6.42 Å². The zero-order valence-electron chi connectivity index (χ0n) is 12.8. The second kappa shape index (κ2) is 7.13. The predicted octanol–water partition coefficient (Wildman–Crippen LogP) is 2.55. The molecule has 0 saturated carbocycles. The smallest absolute Gasteiger partial charge is 0.311 e. The third kappa shape index (κ3) is 3.30. The lowest BCUT2D eigenvalue weighted by atomic mass is 10.2. The van der Waals surface area contributed by atoms with Crippen LogP contribution in [0.5, 0.6) is 17.2 Å². The van der Waals surface area contributed by atoms with Crippen molar-refractivity contribution in [1.29, 1.82) is 0 Å². The van der Waals surface area contributed by atoms with Crippen molar-refractivity contribution in [2.75, 3.05) is 28.4 Å². The minimum atomic E-state index is -0.318. The predicted molar refractivity (Wildman–Crippen MR) is 82.9 cm³/mol. The summed E-state index contributed by atoms with van der Waals surface area (Å²) in [5.41, 5.74) is 1.50. The van der Waals surface area contributed by atoms with Crippen molar-refractivity contribution in [3.8, 4) is 27.8 Å². The molecule has 0 aliphatic heterocycles. The molecule has 0 saturated heterocycles. The van der Waals surface area contributed by atoms with Crippen LogP contribution in [0, 0.1) is 0 Å². The van der Waals surface area contributed by atoms with Crippen molar-refractivity contribution in [3.63, 3.8) is 0 Å². The number of methoxy groups -OCH3 is 4. The second-order valence-corrected chi connectivity index (χ2v) is 5.17. The third-order valence-electron chi connectivity index (χ3n) is 3.02. The highest BCUT2D eigenvalue weighted by atomic mass is 32.1. The van der Waals surface area contributed by atoms with Gasteiger partial charge in [0.15, 0.2) is 11.5 Å². The van der Waals surface area contributed by atoms with E-state index in [0.717, 1.165) is 10.6 Å². The lowest BCUT2D eigenvalue weighted by Gasteiger charge is -2.13. The highest BCUT2D eigenvalue weighted by molar-refractivity contribution is 7.13. The minimum absolute atomic E-state index is 0.150. The molecule has 0 bridgehead atoms. The molecule has 0 fully saturated rings. The van der Waals surface area contributed by atoms with Crippen LogP contribution in [0.3, 0.4) is 0 Å². The molecule has 0 aliphatic rings. The topological polar surface area (TPSA) is 66.9 Å². The van der Waals surface area contributed by atoms with Crippen molar-refractivity contribution in [3.05, 3.63) is 23.2 Å². The van der Waals surface area contributed by atoms with Gasteiger partial charge in [-0.25, -0.2) is 4.98 Å². The number of thiazole rings is 1. The summed E-state index contributed by atoms with van der Waals surface area (Å²) in [7, 11) is 6.03. The maximum Gasteiger partial charge on any atom is 0.311 e. The van der Waals surface area contributed by atoms with Crippen molar-refractivity contribution < 1.29 is 23.7 Å². The van der Waals surface area contributed by atoms with E-state index in [1.54, 1.807) is 21.3 Å². The van der Waals surface area contributed by atoms with E-state index < -0.39 is 0 Å². The van der Waals surface area contributed by atoms with Crippen LogP contribution in [-0.2, 0) is 16.0 Å². The Morgan fingerprint density at radius 1 is 1.09 bits per heavy atom. The first-order valence-corrected chi connectivity index (χ1v) is 7.32. The fourth-order valence-electron chi connectivity index (χ4n) is 1.95. The molecule has 6 nitrogen and oxygen atoms in total. The molecule has 0 atom stereocenters. The van der Waals surface area contributed by atoms with Gasteiger partial charge >= 0.3 is 5.97 Å². The van der Waals surface area contributed by atoms with E-state index in [9.17, 15) is 4.79 Å². The fraction of sp³-hybridized carbons (Fsp3) is 0.333. The maximum absolute atomic E-state index is 11.3. The fourth-order valence-corrected chi connectivity index (χ4v) is 2.75. The van der Waals surface area contributed by atoms with Gasteiger partial charge in [0.25, 0.3) is 0 Å². The van der Waals surface area contributed by atoms with Crippen LogP contribution in [0.15, 0.2) is 17.5 Å². The summed E-state index contributed by atoms with van der Waals surface area (Å²) in [5.74, 6) is 1.32. The maximum atomic E-state index is 11.3. The second-order valence-electron chi connectivity index (χ2n) is 4.31. The first-order chi connectivity index (χ1) is 10.6. The molecule has 1 aromatic heterocycles. The standard InChI is InChI=1S/C15H17NO5S/c1-18-11-5-9(6-12(19-2)14(11)21-4)15-16-10(8-22-15)7-13(17)20-3/h5-6,8H,7H2,1-4H3. The average molecular weight is 323 g/mol. The first-order valence-electron chi connectivity index (χ1n) is 6.44. The van der Waals surface area contributed by atoms with Crippen molar-refractivity contribution in [2.24, 2.45) is 0 Å². The summed E-state index contributed by atoms with van der Waals surface area (Å²) in [6, 6.07) is 3.64. The molecule has 118 valence electrons. The van der Waals surface area contributed by atoms with Crippen LogP contribution in [0.4, 0.5) is 0 Å². The van der Waals surface area contributed by atoms with Crippen LogP contribution >= 0.6 is 11.3 Å². The number of hydrogen-bond acceptors (Lipinski definition) is 7. The molecule has 0 N–H and O–H groups in total. The molecule has 2 rings (SSSR count). The Morgan fingerprint density at radius 3 is 2.23 bits per heavy atom. The monoisotopic (exact) mass is 323 g/mol. The van der Waals surface area contributed by atoms with Crippen molar-refractivity contribution in [1.82, 2.24) is 4.98 Å². The van der Waals surface area contributed by atoms with Gasteiger partial charge in [-0.1, -0.05) is 0 Å². The van der Waals surface area contributed by atoms with Gasteiger partial charge in [-0.2, -0.15) is 0 Å². The largest absolute Gasteiger partial charge is 0.493 e. The van der Waals surface area contributed by atoms with E-state index in [-0.39, 0.29) is 12.4 Å². The highest BCUT2D eigenvalue weighted by Gasteiger charge is 2.16. The Bertz CT molecular complexity index is 643. The number of carbonyl (C=O) groups excluding carboxylic acids is 1. The molecule has 2 aromatic rings. The van der Waals surface area contributed by atoms with Crippen LogP contribution in [0.25, 0.3) is 10.6 Å². The Labute approximate surface area is 132 Å². The molecule has 0 spiro atoms. The number of hydrogen-bond donors (Lipinski definition) is 0. The molecular weight excluding hydrogens is 306 g/mol. The zero-order chi connectivity index (χ0) is 16.1. The summed E-state index contributed by atoms with van der Waals surface area (Å²) in [6.07, 6.45) is 0.150. The van der Waals surface area contributed by atoms with Gasteiger partial charge in [0, 0.05) is 10.9 Å². The Balaban J connectivity index is 2.38. The van der Waals surface area contributed by atoms with Gasteiger partial charge in [0.1, 0.15) is 5.01 Å². The van der Waals surface area contributed by atoms with E-state index in [0.29, 0.717) is 22.9 Å². The van der Waals surface area contributed by atoms with Gasteiger partial charge in [-0.3, -0.25) is 4.79 Å². The van der Waals surface area contributed by atoms with Crippen LogP contribution in [0.2, 0.25) is 0 Å². The average Bonchev–Trinajstić information content (AvgIpc) is 3.01. The molecule has 0 radical (unpaired) electrons. The third-order valence-corrected chi connectivity index (χ3v) is 3.96. The Morgan fingerprint density at radius 2 is 1.73 bits per heavy atom. The van der Waals surface area contributed by atoms with Crippen LogP contribution in [0.1, 0.15) is 5.69 Å². The number of aromatic nitrogens is 1. The van der Waals surface area contributed by atoms with Gasteiger partial charge in [0.2, 0.25) is 5.75 Å². The number of rotatable bonds is 6. The van der Waals surface area contributed by atoms with Crippen LogP contribution in [-0.4, -0.2) is 39.4 Å². The summed E-state index contributed by atoms with van der Waals surface area (Å²) >= 11 is 1.44. The SMILES string of the molecule is COC(=O)Cc1csc(-c2cc(OC)c(OC)c(OC)c2)n1. The Kier molecular flexibility index (Phi) is 5.21. The summed E-state index contributed by atoms with van der Waals surface area (Å²) < 4.78 is 20.6. The summed E-state index contributed by atoms with van der Waals surface area (Å²) in [6.45, 7) is 0. The molecule has 22 heavy (non-hydrogen) atoms. The molecule has 1 aromatic carbocycles. The lowest BCUT2D eigenvalue weighted by molar-refractivity contribution is -0.139. The van der Waals surface area contributed by atoms with E-state index >= 15 is 0 Å². The van der Waals surface area contributed by atoms with Gasteiger partial charge in [0.05, 0.1) is 40.6 Å². The summed E-state index contributed by atoms with van der Waals surface area (Å²) in [5, 5.41) is 2.59. The van der Waals surface area contributed by atoms with Crippen LogP contribution < -0.4 is 14.2 Å². The number of ether oxygens (including phenoxy) is 4. The van der Waals surface area contributed by atoms with E-state index in [1.807, 2.05) is 17.5 Å². The quantitative estimate of drug-likeness (QED) is 0.761. The van der Waals surface area contributed by atoms with E-state index in [2.05, 4.69) is 9.72 Å². The zero-order valence-corrected chi connectivity index (χ0v) is 13.7. The summed E-state index contributed by atoms with van der Waals surface area (Å²) in [4.78, 5) is 15.7. The molecule has 7 heteroatoms. The Hall–Kier alpha value is -2.28. The van der Waals surface area contributed by atoms with E-state index in [4.69, 9.17) is 14.2 Å². The van der Waals surface area contributed by atoms with Gasteiger partial charge < -0.3 is 18.9 Å². The molecule has 1 heterocycles. The number of nitrogens with zero attached hydrogens (tertiary/aromatic N) is 1. The number of carbonyl (C=O) groups is 1. The lowest BCUT2D eigenvalue weighted by Crippen LogP contribution is -2.04. The van der Waals surface area contributed by atoms with Gasteiger partial charge in [-0.05, 0) is 12.1 Å². The molecule has 0 unspecified atom stereocenters. The first kappa shape index (κ1) is 16.1. The number of benzene rings is 1. The van der Waals surface area contributed by atoms with Gasteiger partial charge in [-0.15, -0.1) is 11.3 Å². The molecule has 0 aliphatic carbocycles. The minimum Gasteiger partial charge on any atom is -0.493 e. The molecular formula is C15H17NO5S. The van der Waals surface area contributed by atoms with Crippen molar-refractivity contribution >= 4 is 17.3 Å². The normalized spacial score (nSPS) is 10.2. The number of esters is 1. The molecule has 0 amide bonds.